The van der Waals surface area contributed by atoms with Gasteiger partial charge in [0.05, 0.1) is 0 Å². The molecule has 2 aromatic carbocycles. The van der Waals surface area contributed by atoms with E-state index in [1.807, 2.05) is 30.3 Å². The van der Waals surface area contributed by atoms with Gasteiger partial charge in [0.25, 0.3) is 0 Å². The fourth-order valence-electron chi connectivity index (χ4n) is 2.15. The summed E-state index contributed by atoms with van der Waals surface area (Å²) in [7, 11) is 0. The summed E-state index contributed by atoms with van der Waals surface area (Å²) < 4.78 is 0. The van der Waals surface area contributed by atoms with E-state index in [1.54, 1.807) is 0 Å². The van der Waals surface area contributed by atoms with Crippen molar-refractivity contribution in [3.8, 4) is 0 Å². The number of aryl methyl sites for hydroxylation is 1. The minimum absolute atomic E-state index is 0.0890. The zero-order chi connectivity index (χ0) is 14.9. The van der Waals surface area contributed by atoms with Crippen LogP contribution in [0.1, 0.15) is 17.5 Å². The van der Waals surface area contributed by atoms with Gasteiger partial charge in [-0.05, 0) is 36.6 Å². The molecule has 0 unspecified atom stereocenters. The van der Waals surface area contributed by atoms with Gasteiger partial charge in [-0.2, -0.15) is 0 Å². The Morgan fingerprint density at radius 2 is 1.81 bits per heavy atom. The van der Waals surface area contributed by atoms with Gasteiger partial charge in [-0.3, -0.25) is 4.79 Å². The Morgan fingerprint density at radius 1 is 1.00 bits per heavy atom. The fraction of sp³-hybridized carbons (Fsp3) is 0.278. The van der Waals surface area contributed by atoms with E-state index >= 15 is 0 Å². The maximum absolute atomic E-state index is 11.7. The maximum Gasteiger partial charge on any atom is 0.221 e. The summed E-state index contributed by atoms with van der Waals surface area (Å²) in [6.07, 6.45) is 1.36. The summed E-state index contributed by atoms with van der Waals surface area (Å²) in [5, 5.41) is 6.21. The first-order valence-electron chi connectivity index (χ1n) is 7.35. The lowest BCUT2D eigenvalue weighted by atomic mass is 10.1. The Kier molecular flexibility index (Phi) is 5.83. The quantitative estimate of drug-likeness (QED) is 0.819. The number of hydrogen-bond donors (Lipinski definition) is 2. The number of hydrogen-bond acceptors (Lipinski definition) is 2. The molecule has 0 bridgehead atoms. The summed E-state index contributed by atoms with van der Waals surface area (Å²) in [4.78, 5) is 11.7. The number of benzene rings is 2. The third kappa shape index (κ3) is 5.69. The number of carbonyl (C=O) groups is 1. The van der Waals surface area contributed by atoms with Crippen LogP contribution in [0.15, 0.2) is 54.6 Å². The fourth-order valence-corrected chi connectivity index (χ4v) is 2.15. The van der Waals surface area contributed by atoms with Crippen LogP contribution in [-0.4, -0.2) is 19.0 Å². The molecule has 3 heteroatoms. The predicted octanol–water partition coefficient (Wildman–Crippen LogP) is 3.16. The van der Waals surface area contributed by atoms with E-state index < -0.39 is 0 Å². The first-order chi connectivity index (χ1) is 10.2. The average molecular weight is 282 g/mol. The molecule has 1 amide bonds. The highest BCUT2D eigenvalue weighted by molar-refractivity contribution is 5.76. The molecule has 2 aromatic rings. The topological polar surface area (TPSA) is 41.1 Å². The highest BCUT2D eigenvalue weighted by Gasteiger charge is 2.01. The van der Waals surface area contributed by atoms with Crippen molar-refractivity contribution in [3.05, 3.63) is 65.7 Å². The lowest BCUT2D eigenvalue weighted by Gasteiger charge is -2.08. The van der Waals surface area contributed by atoms with Crippen molar-refractivity contribution in [2.45, 2.75) is 19.8 Å². The minimum atomic E-state index is 0.0890. The van der Waals surface area contributed by atoms with Gasteiger partial charge in [-0.25, -0.2) is 0 Å². The van der Waals surface area contributed by atoms with Crippen LogP contribution in [0, 0.1) is 6.92 Å². The summed E-state index contributed by atoms with van der Waals surface area (Å²) in [5.41, 5.74) is 3.52. The third-order valence-electron chi connectivity index (χ3n) is 3.28. The number of amides is 1. The van der Waals surface area contributed by atoms with Crippen LogP contribution in [0.2, 0.25) is 0 Å². The van der Waals surface area contributed by atoms with Crippen LogP contribution in [0.5, 0.6) is 0 Å². The molecule has 2 rings (SSSR count). The van der Waals surface area contributed by atoms with Gasteiger partial charge >= 0.3 is 0 Å². The minimum Gasteiger partial charge on any atom is -0.385 e. The number of nitrogens with one attached hydrogen (secondary N) is 2. The smallest absolute Gasteiger partial charge is 0.221 e. The lowest BCUT2D eigenvalue weighted by molar-refractivity contribution is -0.120. The second kappa shape index (κ2) is 8.10. The molecule has 0 radical (unpaired) electrons. The van der Waals surface area contributed by atoms with Crippen LogP contribution >= 0.6 is 0 Å². The molecule has 0 spiro atoms. The number of rotatable bonds is 7. The second-order valence-electron chi connectivity index (χ2n) is 5.13. The van der Waals surface area contributed by atoms with Crippen molar-refractivity contribution in [3.63, 3.8) is 0 Å². The Morgan fingerprint density at radius 3 is 2.57 bits per heavy atom. The summed E-state index contributed by atoms with van der Waals surface area (Å²) in [6.45, 7) is 3.40. The molecule has 0 atom stereocenters. The van der Waals surface area contributed by atoms with E-state index in [4.69, 9.17) is 0 Å². The first kappa shape index (κ1) is 15.1. The van der Waals surface area contributed by atoms with E-state index in [1.165, 1.54) is 11.1 Å². The SMILES string of the molecule is Cc1cccc(NCCC(=O)NCCc2ccccc2)c1. The Balaban J connectivity index is 1.61. The van der Waals surface area contributed by atoms with Crippen LogP contribution < -0.4 is 10.6 Å². The zero-order valence-corrected chi connectivity index (χ0v) is 12.4. The van der Waals surface area contributed by atoms with E-state index in [0.717, 1.165) is 12.1 Å². The van der Waals surface area contributed by atoms with Crippen LogP contribution in [0.4, 0.5) is 5.69 Å². The van der Waals surface area contributed by atoms with Crippen molar-refractivity contribution in [2.24, 2.45) is 0 Å². The van der Waals surface area contributed by atoms with Gasteiger partial charge in [-0.15, -0.1) is 0 Å². The van der Waals surface area contributed by atoms with Gasteiger partial charge in [0.2, 0.25) is 5.91 Å². The van der Waals surface area contributed by atoms with Crippen LogP contribution in [0.3, 0.4) is 0 Å². The highest BCUT2D eigenvalue weighted by atomic mass is 16.1. The van der Waals surface area contributed by atoms with Crippen LogP contribution in [0.25, 0.3) is 0 Å². The molecule has 0 saturated carbocycles. The van der Waals surface area contributed by atoms with Gasteiger partial charge in [-0.1, -0.05) is 42.5 Å². The van der Waals surface area contributed by atoms with E-state index in [2.05, 4.69) is 41.8 Å². The highest BCUT2D eigenvalue weighted by Crippen LogP contribution is 2.09. The summed E-state index contributed by atoms with van der Waals surface area (Å²) >= 11 is 0. The molecule has 0 aromatic heterocycles. The molecular weight excluding hydrogens is 260 g/mol. The monoisotopic (exact) mass is 282 g/mol. The molecule has 2 N–H and O–H groups in total. The van der Waals surface area contributed by atoms with Gasteiger partial charge in [0, 0.05) is 25.2 Å². The van der Waals surface area contributed by atoms with Crippen molar-refractivity contribution in [1.82, 2.24) is 5.32 Å². The van der Waals surface area contributed by atoms with Crippen molar-refractivity contribution >= 4 is 11.6 Å². The summed E-state index contributed by atoms with van der Waals surface area (Å²) in [5.74, 6) is 0.0890. The predicted molar refractivity (Wildman–Crippen MR) is 87.4 cm³/mol. The van der Waals surface area contributed by atoms with Crippen LogP contribution in [-0.2, 0) is 11.2 Å². The normalized spacial score (nSPS) is 10.1. The molecular formula is C18H22N2O. The van der Waals surface area contributed by atoms with Gasteiger partial charge in [0.1, 0.15) is 0 Å². The van der Waals surface area contributed by atoms with Gasteiger partial charge in [0.15, 0.2) is 0 Å². The molecule has 0 aliphatic carbocycles. The third-order valence-corrected chi connectivity index (χ3v) is 3.28. The van der Waals surface area contributed by atoms with E-state index in [0.29, 0.717) is 19.5 Å². The molecule has 21 heavy (non-hydrogen) atoms. The number of anilines is 1. The van der Waals surface area contributed by atoms with Gasteiger partial charge < -0.3 is 10.6 Å². The zero-order valence-electron chi connectivity index (χ0n) is 12.4. The summed E-state index contributed by atoms with van der Waals surface area (Å²) in [6, 6.07) is 18.3. The molecule has 0 aliphatic heterocycles. The van der Waals surface area contributed by atoms with Crippen molar-refractivity contribution < 1.29 is 4.79 Å². The standard InChI is InChI=1S/C18H22N2O/c1-15-6-5-9-17(14-15)19-13-11-18(21)20-12-10-16-7-3-2-4-8-16/h2-9,14,19H,10-13H2,1H3,(H,20,21). The lowest BCUT2D eigenvalue weighted by Crippen LogP contribution is -2.27. The second-order valence-corrected chi connectivity index (χ2v) is 5.13. The molecule has 0 aliphatic rings. The molecule has 110 valence electrons. The molecule has 0 heterocycles. The molecule has 3 nitrogen and oxygen atoms in total. The van der Waals surface area contributed by atoms with E-state index in [-0.39, 0.29) is 5.91 Å². The Labute approximate surface area is 126 Å². The first-order valence-corrected chi connectivity index (χ1v) is 7.35. The van der Waals surface area contributed by atoms with Crippen molar-refractivity contribution in [1.29, 1.82) is 0 Å². The van der Waals surface area contributed by atoms with Crippen molar-refractivity contribution in [2.75, 3.05) is 18.4 Å². The average Bonchev–Trinajstić information content (AvgIpc) is 2.48. The van der Waals surface area contributed by atoms with E-state index in [9.17, 15) is 4.79 Å². The maximum atomic E-state index is 11.7. The molecule has 0 saturated heterocycles. The largest absolute Gasteiger partial charge is 0.385 e. The Hall–Kier alpha value is -2.29. The number of carbonyl (C=O) groups excluding carboxylic acids is 1. The Bertz CT molecular complexity index is 566. The molecule has 0 fully saturated rings.